The predicted octanol–water partition coefficient (Wildman–Crippen LogP) is 4.12. The molecule has 0 bridgehead atoms. The van der Waals surface area contributed by atoms with Gasteiger partial charge in [0, 0.05) is 6.54 Å². The molecule has 0 spiro atoms. The third-order valence-corrected chi connectivity index (χ3v) is 4.74. The van der Waals surface area contributed by atoms with E-state index in [0.717, 1.165) is 24.0 Å². The summed E-state index contributed by atoms with van der Waals surface area (Å²) >= 11 is 0. The minimum absolute atomic E-state index is 0.219. The molecule has 4 heteroatoms. The Morgan fingerprint density at radius 1 is 1.04 bits per heavy atom. The molecule has 1 heterocycles. The summed E-state index contributed by atoms with van der Waals surface area (Å²) in [5.74, 6) is -0.219. The number of rotatable bonds is 6. The highest BCUT2D eigenvalue weighted by Gasteiger charge is 2.48. The van der Waals surface area contributed by atoms with Crippen molar-refractivity contribution in [3.8, 4) is 0 Å². The lowest BCUT2D eigenvalue weighted by Crippen LogP contribution is -2.40. The van der Waals surface area contributed by atoms with Crippen molar-refractivity contribution in [3.05, 3.63) is 77.4 Å². The monoisotopic (exact) mass is 348 g/mol. The predicted molar refractivity (Wildman–Crippen MR) is 104 cm³/mol. The number of nitrogens with one attached hydrogen (secondary N) is 1. The molecule has 1 aliphatic heterocycles. The van der Waals surface area contributed by atoms with Gasteiger partial charge in [-0.1, -0.05) is 80.1 Å². The Balaban J connectivity index is 1.74. The molecule has 1 unspecified atom stereocenters. The van der Waals surface area contributed by atoms with E-state index >= 15 is 0 Å². The Bertz CT molecular complexity index is 812. The summed E-state index contributed by atoms with van der Waals surface area (Å²) in [6.07, 6.45) is 5.83. The summed E-state index contributed by atoms with van der Waals surface area (Å²) in [5.41, 5.74) is 2.07. The maximum absolute atomic E-state index is 12.9. The average molecular weight is 348 g/mol. The molecule has 3 amide bonds. The second kappa shape index (κ2) is 7.56. The van der Waals surface area contributed by atoms with Crippen molar-refractivity contribution in [2.45, 2.75) is 32.2 Å². The lowest BCUT2D eigenvalue weighted by Gasteiger charge is -2.22. The maximum Gasteiger partial charge on any atom is 0.325 e. The molecule has 1 fully saturated rings. The third-order valence-electron chi connectivity index (χ3n) is 4.74. The first-order chi connectivity index (χ1) is 12.5. The highest BCUT2D eigenvalue weighted by atomic mass is 16.2. The van der Waals surface area contributed by atoms with Crippen molar-refractivity contribution < 1.29 is 9.59 Å². The average Bonchev–Trinajstić information content (AvgIpc) is 2.87. The zero-order chi connectivity index (χ0) is 18.6. The zero-order valence-electron chi connectivity index (χ0n) is 15.2. The van der Waals surface area contributed by atoms with E-state index in [9.17, 15) is 9.59 Å². The molecule has 4 nitrogen and oxygen atoms in total. The van der Waals surface area contributed by atoms with Gasteiger partial charge in [-0.2, -0.15) is 0 Å². The number of carbonyl (C=O) groups is 2. The summed E-state index contributed by atoms with van der Waals surface area (Å²) in [6, 6.07) is 17.4. The van der Waals surface area contributed by atoms with Crippen molar-refractivity contribution >= 4 is 18.0 Å². The first-order valence-electron chi connectivity index (χ1n) is 8.99. The SMILES string of the molecule is CCCc1ccc(C2(C)NC(=O)N(C/C=C/c3ccccc3)C2=O)cc1. The fourth-order valence-electron chi connectivity index (χ4n) is 3.21. The van der Waals surface area contributed by atoms with Crippen LogP contribution in [0.2, 0.25) is 0 Å². The van der Waals surface area contributed by atoms with Crippen LogP contribution in [0.3, 0.4) is 0 Å². The molecule has 1 N–H and O–H groups in total. The van der Waals surface area contributed by atoms with Gasteiger partial charge < -0.3 is 5.32 Å². The largest absolute Gasteiger partial charge is 0.325 e. The molecule has 0 aliphatic carbocycles. The van der Waals surface area contributed by atoms with Crippen LogP contribution in [0.25, 0.3) is 6.08 Å². The van der Waals surface area contributed by atoms with Crippen LogP contribution >= 0.6 is 0 Å². The van der Waals surface area contributed by atoms with Crippen LogP contribution in [-0.4, -0.2) is 23.4 Å². The van der Waals surface area contributed by atoms with Crippen LogP contribution in [-0.2, 0) is 16.8 Å². The van der Waals surface area contributed by atoms with E-state index in [2.05, 4.69) is 12.2 Å². The van der Waals surface area contributed by atoms with Crippen LogP contribution in [0.1, 0.15) is 37.0 Å². The number of hydrogen-bond acceptors (Lipinski definition) is 2. The molecule has 2 aromatic carbocycles. The molecule has 2 aromatic rings. The van der Waals surface area contributed by atoms with Gasteiger partial charge in [-0.15, -0.1) is 0 Å². The maximum atomic E-state index is 12.9. The van der Waals surface area contributed by atoms with Crippen molar-refractivity contribution in [1.82, 2.24) is 10.2 Å². The summed E-state index contributed by atoms with van der Waals surface area (Å²) in [4.78, 5) is 26.5. The Morgan fingerprint density at radius 2 is 1.73 bits per heavy atom. The Kier molecular flexibility index (Phi) is 5.21. The Morgan fingerprint density at radius 3 is 2.38 bits per heavy atom. The molecule has 3 rings (SSSR count). The van der Waals surface area contributed by atoms with Crippen LogP contribution in [0.15, 0.2) is 60.7 Å². The Labute approximate surface area is 154 Å². The van der Waals surface area contributed by atoms with Crippen molar-refractivity contribution in [3.63, 3.8) is 0 Å². The van der Waals surface area contributed by atoms with E-state index < -0.39 is 5.54 Å². The lowest BCUT2D eigenvalue weighted by atomic mass is 9.91. The lowest BCUT2D eigenvalue weighted by molar-refractivity contribution is -0.130. The van der Waals surface area contributed by atoms with Gasteiger partial charge in [0.2, 0.25) is 0 Å². The van der Waals surface area contributed by atoms with E-state index in [1.807, 2.05) is 66.7 Å². The number of urea groups is 1. The van der Waals surface area contributed by atoms with Crippen molar-refractivity contribution in [2.24, 2.45) is 0 Å². The van der Waals surface area contributed by atoms with Gasteiger partial charge in [-0.3, -0.25) is 9.69 Å². The molecule has 1 atom stereocenters. The quantitative estimate of drug-likeness (QED) is 0.798. The minimum atomic E-state index is -1.01. The fraction of sp³-hybridized carbons (Fsp3) is 0.273. The van der Waals surface area contributed by atoms with E-state index in [0.29, 0.717) is 0 Å². The van der Waals surface area contributed by atoms with E-state index in [1.54, 1.807) is 6.92 Å². The van der Waals surface area contributed by atoms with Gasteiger partial charge in [0.15, 0.2) is 0 Å². The topological polar surface area (TPSA) is 49.4 Å². The molecular weight excluding hydrogens is 324 g/mol. The molecule has 0 saturated carbocycles. The number of benzene rings is 2. The van der Waals surface area contributed by atoms with E-state index in [-0.39, 0.29) is 18.5 Å². The van der Waals surface area contributed by atoms with Crippen molar-refractivity contribution in [2.75, 3.05) is 6.54 Å². The molecule has 0 aromatic heterocycles. The molecule has 1 aliphatic rings. The minimum Gasteiger partial charge on any atom is -0.319 e. The van der Waals surface area contributed by atoms with Gasteiger partial charge in [-0.05, 0) is 30.0 Å². The normalized spacial score (nSPS) is 20.0. The first-order valence-corrected chi connectivity index (χ1v) is 8.99. The molecule has 1 saturated heterocycles. The van der Waals surface area contributed by atoms with Crippen LogP contribution in [0, 0.1) is 0 Å². The van der Waals surface area contributed by atoms with Crippen molar-refractivity contribution in [1.29, 1.82) is 0 Å². The van der Waals surface area contributed by atoms with Crippen LogP contribution in [0.5, 0.6) is 0 Å². The van der Waals surface area contributed by atoms with Gasteiger partial charge in [-0.25, -0.2) is 4.79 Å². The molecule has 26 heavy (non-hydrogen) atoms. The number of nitrogens with zero attached hydrogens (tertiary/aromatic N) is 1. The van der Waals surface area contributed by atoms with E-state index in [4.69, 9.17) is 0 Å². The van der Waals surface area contributed by atoms with Gasteiger partial charge in [0.05, 0.1) is 0 Å². The number of aryl methyl sites for hydroxylation is 1. The Hall–Kier alpha value is -2.88. The first kappa shape index (κ1) is 17.9. The van der Waals surface area contributed by atoms with Crippen LogP contribution < -0.4 is 5.32 Å². The number of amides is 3. The zero-order valence-corrected chi connectivity index (χ0v) is 15.2. The van der Waals surface area contributed by atoms with E-state index in [1.165, 1.54) is 10.5 Å². The molecule has 0 radical (unpaired) electrons. The second-order valence-electron chi connectivity index (χ2n) is 6.73. The number of hydrogen-bond donors (Lipinski definition) is 1. The van der Waals surface area contributed by atoms with Gasteiger partial charge in [0.25, 0.3) is 5.91 Å². The summed E-state index contributed by atoms with van der Waals surface area (Å²) in [5, 5.41) is 2.85. The fourth-order valence-corrected chi connectivity index (χ4v) is 3.21. The number of carbonyl (C=O) groups excluding carboxylic acids is 2. The summed E-state index contributed by atoms with van der Waals surface area (Å²) in [7, 11) is 0. The summed E-state index contributed by atoms with van der Waals surface area (Å²) in [6.45, 7) is 4.16. The summed E-state index contributed by atoms with van der Waals surface area (Å²) < 4.78 is 0. The second-order valence-corrected chi connectivity index (χ2v) is 6.73. The standard InChI is InChI=1S/C22H24N2O2/c1-3-8-17-12-14-19(15-13-17)22(2)20(25)24(21(26)23-22)16-7-11-18-9-5-4-6-10-18/h4-7,9-15H,3,8,16H2,1-2H3,(H,23,26)/b11-7+. The molecule has 134 valence electrons. The van der Waals surface area contributed by atoms with Gasteiger partial charge in [0.1, 0.15) is 5.54 Å². The smallest absolute Gasteiger partial charge is 0.319 e. The highest BCUT2D eigenvalue weighted by Crippen LogP contribution is 2.29. The van der Waals surface area contributed by atoms with Crippen LogP contribution in [0.4, 0.5) is 4.79 Å². The molecular formula is C22H24N2O2. The van der Waals surface area contributed by atoms with Gasteiger partial charge >= 0.3 is 6.03 Å². The highest BCUT2D eigenvalue weighted by molar-refractivity contribution is 6.07. The third kappa shape index (κ3) is 3.54. The number of imide groups is 1.